The van der Waals surface area contributed by atoms with Crippen molar-refractivity contribution in [2.75, 3.05) is 0 Å². The molecule has 0 fully saturated rings. The van der Waals surface area contributed by atoms with E-state index >= 15 is 0 Å². The highest BCUT2D eigenvalue weighted by Gasteiger charge is 2.15. The van der Waals surface area contributed by atoms with E-state index in [9.17, 15) is 9.59 Å². The van der Waals surface area contributed by atoms with E-state index < -0.39 is 0 Å². The summed E-state index contributed by atoms with van der Waals surface area (Å²) >= 11 is 0. The summed E-state index contributed by atoms with van der Waals surface area (Å²) in [5.74, 6) is -0.0651. The van der Waals surface area contributed by atoms with Crippen LogP contribution in [0.5, 0.6) is 0 Å². The molecule has 2 aromatic carbocycles. The first-order valence-corrected chi connectivity index (χ1v) is 10.1. The summed E-state index contributed by atoms with van der Waals surface area (Å²) in [6, 6.07) is 13.9. The Hall–Kier alpha value is -2.46. The first-order valence-electron chi connectivity index (χ1n) is 10.1. The molecule has 0 atom stereocenters. The number of fused-ring (bicyclic) bond motifs is 1. The number of nitrogens with one attached hydrogen (secondary N) is 1. The van der Waals surface area contributed by atoms with Crippen LogP contribution in [0.4, 0.5) is 0 Å². The van der Waals surface area contributed by atoms with Gasteiger partial charge in [-0.25, -0.2) is 0 Å². The molecule has 4 heteroatoms. The molecule has 28 heavy (non-hydrogen) atoms. The van der Waals surface area contributed by atoms with Crippen molar-refractivity contribution < 1.29 is 14.3 Å². The predicted molar refractivity (Wildman–Crippen MR) is 110 cm³/mol. The summed E-state index contributed by atoms with van der Waals surface area (Å²) < 4.78 is 5.68. The molecule has 1 N–H and O–H groups in total. The Bertz CT molecular complexity index is 841. The third-order valence-electron chi connectivity index (χ3n) is 5.17. The average Bonchev–Trinajstić information content (AvgIpc) is 3.17. The van der Waals surface area contributed by atoms with Gasteiger partial charge in [-0.05, 0) is 61.4 Å². The second-order valence-electron chi connectivity index (χ2n) is 7.67. The van der Waals surface area contributed by atoms with E-state index in [4.69, 9.17) is 4.74 Å². The normalized spacial score (nSPS) is 12.8. The lowest BCUT2D eigenvalue weighted by Gasteiger charge is -2.13. The molecule has 0 bridgehead atoms. The molecule has 0 radical (unpaired) electrons. The van der Waals surface area contributed by atoms with E-state index in [0.717, 1.165) is 29.5 Å². The van der Waals surface area contributed by atoms with Crippen LogP contribution in [0.15, 0.2) is 42.5 Å². The number of amides is 1. The zero-order chi connectivity index (χ0) is 19.9. The van der Waals surface area contributed by atoms with Gasteiger partial charge >= 0.3 is 0 Å². The molecule has 3 rings (SSSR count). The van der Waals surface area contributed by atoms with E-state index in [2.05, 4.69) is 11.4 Å². The lowest BCUT2D eigenvalue weighted by molar-refractivity contribution is -0.121. The monoisotopic (exact) mass is 379 g/mol. The second kappa shape index (κ2) is 9.65. The van der Waals surface area contributed by atoms with Crippen molar-refractivity contribution in [3.63, 3.8) is 0 Å². The highest BCUT2D eigenvalue weighted by molar-refractivity contribution is 5.98. The molecular weight excluding hydrogens is 350 g/mol. The molecule has 0 saturated carbocycles. The molecule has 4 nitrogen and oxygen atoms in total. The molecule has 0 unspecified atom stereocenters. The van der Waals surface area contributed by atoms with Crippen molar-refractivity contribution >= 4 is 11.7 Å². The Morgan fingerprint density at radius 2 is 1.75 bits per heavy atom. The van der Waals surface area contributed by atoms with Gasteiger partial charge in [-0.15, -0.1) is 0 Å². The van der Waals surface area contributed by atoms with Crippen molar-refractivity contribution in [1.82, 2.24) is 5.32 Å². The van der Waals surface area contributed by atoms with Crippen LogP contribution in [0, 0.1) is 0 Å². The van der Waals surface area contributed by atoms with E-state index in [-0.39, 0.29) is 30.6 Å². The maximum Gasteiger partial charge on any atom is 0.220 e. The zero-order valence-corrected chi connectivity index (χ0v) is 16.8. The SMILES string of the molecule is CC(C)OCc1ccccc1CNC(=O)CCC(=O)c1ccc2c(c1)CCC2. The fourth-order valence-corrected chi connectivity index (χ4v) is 3.53. The van der Waals surface area contributed by atoms with Crippen LogP contribution in [0.2, 0.25) is 0 Å². The van der Waals surface area contributed by atoms with Crippen molar-refractivity contribution in [3.8, 4) is 0 Å². The number of rotatable bonds is 9. The molecule has 0 spiro atoms. The van der Waals surface area contributed by atoms with Gasteiger partial charge in [0.2, 0.25) is 5.91 Å². The third kappa shape index (κ3) is 5.52. The smallest absolute Gasteiger partial charge is 0.220 e. The second-order valence-corrected chi connectivity index (χ2v) is 7.67. The van der Waals surface area contributed by atoms with Gasteiger partial charge in [0.05, 0.1) is 12.7 Å². The summed E-state index contributed by atoms with van der Waals surface area (Å²) in [5, 5.41) is 2.93. The summed E-state index contributed by atoms with van der Waals surface area (Å²) in [6.07, 6.45) is 3.93. The van der Waals surface area contributed by atoms with Crippen molar-refractivity contribution in [1.29, 1.82) is 0 Å². The minimum absolute atomic E-state index is 0.0376. The Balaban J connectivity index is 1.48. The van der Waals surface area contributed by atoms with Gasteiger partial charge in [0.1, 0.15) is 0 Å². The maximum atomic E-state index is 12.4. The fraction of sp³-hybridized carbons (Fsp3) is 0.417. The van der Waals surface area contributed by atoms with Crippen LogP contribution in [-0.4, -0.2) is 17.8 Å². The summed E-state index contributed by atoms with van der Waals surface area (Å²) in [6.45, 7) is 4.98. The van der Waals surface area contributed by atoms with Gasteiger partial charge in [0.25, 0.3) is 0 Å². The van der Waals surface area contributed by atoms with E-state index in [1.54, 1.807) is 0 Å². The number of benzene rings is 2. The van der Waals surface area contributed by atoms with Crippen LogP contribution in [0.25, 0.3) is 0 Å². The van der Waals surface area contributed by atoms with Crippen molar-refractivity contribution in [3.05, 3.63) is 70.3 Å². The molecule has 1 amide bonds. The highest BCUT2D eigenvalue weighted by Crippen LogP contribution is 2.23. The van der Waals surface area contributed by atoms with Crippen LogP contribution in [0.3, 0.4) is 0 Å². The molecular formula is C24H29NO3. The lowest BCUT2D eigenvalue weighted by atomic mass is 10.0. The number of carbonyl (C=O) groups is 2. The number of hydrogen-bond acceptors (Lipinski definition) is 3. The maximum absolute atomic E-state index is 12.4. The predicted octanol–water partition coefficient (Wildman–Crippen LogP) is 4.38. The van der Waals surface area contributed by atoms with Gasteiger partial charge in [-0.2, -0.15) is 0 Å². The fourth-order valence-electron chi connectivity index (χ4n) is 3.53. The summed E-state index contributed by atoms with van der Waals surface area (Å²) in [5.41, 5.74) is 5.49. The number of Topliss-reactive ketones (excluding diaryl/α,β-unsaturated/α-hetero) is 1. The molecule has 1 aliphatic rings. The van der Waals surface area contributed by atoms with Gasteiger partial charge in [-0.3, -0.25) is 9.59 Å². The standard InChI is InChI=1S/C24H29NO3/c1-17(2)28-16-22-7-4-3-6-21(22)15-25-24(27)13-12-23(26)20-11-10-18-8-5-9-19(18)14-20/h3-4,6-7,10-11,14,17H,5,8-9,12-13,15-16H2,1-2H3,(H,25,27). The Morgan fingerprint density at radius 3 is 2.54 bits per heavy atom. The first kappa shape index (κ1) is 20.3. The van der Waals surface area contributed by atoms with Gasteiger partial charge in [-0.1, -0.05) is 36.4 Å². The molecule has 1 aliphatic carbocycles. The van der Waals surface area contributed by atoms with Crippen LogP contribution in [0.1, 0.15) is 65.7 Å². The number of hydrogen-bond donors (Lipinski definition) is 1. The van der Waals surface area contributed by atoms with E-state index in [1.807, 2.05) is 50.2 Å². The zero-order valence-electron chi connectivity index (χ0n) is 16.8. The molecule has 0 aromatic heterocycles. The first-order chi connectivity index (χ1) is 13.5. The highest BCUT2D eigenvalue weighted by atomic mass is 16.5. The lowest BCUT2D eigenvalue weighted by Crippen LogP contribution is -2.24. The summed E-state index contributed by atoms with van der Waals surface area (Å²) in [7, 11) is 0. The third-order valence-corrected chi connectivity index (χ3v) is 5.17. The van der Waals surface area contributed by atoms with Gasteiger partial charge < -0.3 is 10.1 Å². The minimum Gasteiger partial charge on any atom is -0.374 e. The quantitative estimate of drug-likeness (QED) is 0.658. The van der Waals surface area contributed by atoms with Crippen molar-refractivity contribution in [2.24, 2.45) is 0 Å². The molecule has 148 valence electrons. The van der Waals surface area contributed by atoms with E-state index in [1.165, 1.54) is 17.5 Å². The Kier molecular flexibility index (Phi) is 6.99. The average molecular weight is 380 g/mol. The Labute approximate surface area is 167 Å². The number of aryl methyl sites for hydroxylation is 2. The van der Waals surface area contributed by atoms with Crippen LogP contribution >= 0.6 is 0 Å². The molecule has 0 heterocycles. The molecule has 0 saturated heterocycles. The van der Waals surface area contributed by atoms with Crippen LogP contribution in [-0.2, 0) is 35.5 Å². The largest absolute Gasteiger partial charge is 0.374 e. The topological polar surface area (TPSA) is 55.4 Å². The number of ether oxygens (including phenoxy) is 1. The van der Waals surface area contributed by atoms with Crippen LogP contribution < -0.4 is 5.32 Å². The minimum atomic E-state index is -0.103. The van der Waals surface area contributed by atoms with Gasteiger partial charge in [0.15, 0.2) is 5.78 Å². The summed E-state index contributed by atoms with van der Waals surface area (Å²) in [4.78, 5) is 24.7. The van der Waals surface area contributed by atoms with Crippen molar-refractivity contribution in [2.45, 2.75) is 65.2 Å². The molecule has 0 aliphatic heterocycles. The number of carbonyl (C=O) groups excluding carboxylic acids is 2. The Morgan fingerprint density at radius 1 is 1.00 bits per heavy atom. The number of ketones is 1. The van der Waals surface area contributed by atoms with E-state index in [0.29, 0.717) is 13.2 Å². The van der Waals surface area contributed by atoms with Gasteiger partial charge in [0, 0.05) is 24.9 Å². The molecule has 2 aromatic rings.